The molecule has 6 nitrogen and oxygen atoms in total. The lowest BCUT2D eigenvalue weighted by Gasteiger charge is -2.12. The van der Waals surface area contributed by atoms with Gasteiger partial charge in [0, 0.05) is 24.5 Å². The molecular formula is C21H23N3O3. The van der Waals surface area contributed by atoms with E-state index in [0.29, 0.717) is 12.2 Å². The van der Waals surface area contributed by atoms with Crippen molar-refractivity contribution in [2.75, 3.05) is 0 Å². The first-order valence-corrected chi connectivity index (χ1v) is 8.87. The van der Waals surface area contributed by atoms with E-state index >= 15 is 0 Å². The molecule has 0 aliphatic carbocycles. The zero-order valence-electron chi connectivity index (χ0n) is 15.7. The second-order valence-electron chi connectivity index (χ2n) is 6.63. The van der Waals surface area contributed by atoms with Crippen molar-refractivity contribution in [2.24, 2.45) is 0 Å². The fraction of sp³-hybridized carbons (Fsp3) is 0.286. The van der Waals surface area contributed by atoms with E-state index < -0.39 is 0 Å². The quantitative estimate of drug-likeness (QED) is 0.692. The average molecular weight is 365 g/mol. The van der Waals surface area contributed by atoms with E-state index in [-0.39, 0.29) is 24.2 Å². The van der Waals surface area contributed by atoms with E-state index in [9.17, 15) is 4.79 Å². The Bertz CT molecular complexity index is 886. The smallest absolute Gasteiger partial charge is 0.273 e. The van der Waals surface area contributed by atoms with Gasteiger partial charge in [-0.05, 0) is 49.9 Å². The van der Waals surface area contributed by atoms with Gasteiger partial charge in [0.2, 0.25) is 0 Å². The Labute approximate surface area is 158 Å². The van der Waals surface area contributed by atoms with Gasteiger partial charge in [0.05, 0.1) is 0 Å². The first-order valence-electron chi connectivity index (χ1n) is 8.87. The van der Waals surface area contributed by atoms with Gasteiger partial charge in [-0.2, -0.15) is 0 Å². The number of carbonyl (C=O) groups excluding carboxylic acids is 1. The lowest BCUT2D eigenvalue weighted by atomic mass is 10.1. The van der Waals surface area contributed by atoms with Crippen LogP contribution in [0.3, 0.4) is 0 Å². The fourth-order valence-electron chi connectivity index (χ4n) is 2.88. The minimum atomic E-state index is -0.270. The molecule has 6 heteroatoms. The number of amides is 1. The summed E-state index contributed by atoms with van der Waals surface area (Å²) in [6.07, 6.45) is 4.21. The van der Waals surface area contributed by atoms with Gasteiger partial charge < -0.3 is 14.6 Å². The van der Waals surface area contributed by atoms with Crippen LogP contribution < -0.4 is 10.1 Å². The average Bonchev–Trinajstić information content (AvgIpc) is 3.11. The fourth-order valence-corrected chi connectivity index (χ4v) is 2.88. The van der Waals surface area contributed by atoms with Crippen molar-refractivity contribution in [3.05, 3.63) is 76.9 Å². The highest BCUT2D eigenvalue weighted by molar-refractivity contribution is 5.92. The van der Waals surface area contributed by atoms with E-state index in [1.807, 2.05) is 51.1 Å². The molecule has 0 radical (unpaired) electrons. The summed E-state index contributed by atoms with van der Waals surface area (Å²) in [5.74, 6) is 1.06. The van der Waals surface area contributed by atoms with Gasteiger partial charge in [-0.1, -0.05) is 29.4 Å². The maximum absolute atomic E-state index is 12.4. The Morgan fingerprint density at radius 3 is 2.70 bits per heavy atom. The second-order valence-corrected chi connectivity index (χ2v) is 6.63. The molecule has 1 aromatic carbocycles. The van der Waals surface area contributed by atoms with E-state index in [1.165, 1.54) is 0 Å². The third-order valence-corrected chi connectivity index (χ3v) is 4.20. The number of aryl methyl sites for hydroxylation is 2. The number of carbonyl (C=O) groups is 1. The summed E-state index contributed by atoms with van der Waals surface area (Å²) in [7, 11) is 0. The highest BCUT2D eigenvalue weighted by Crippen LogP contribution is 2.23. The maximum atomic E-state index is 12.4. The van der Waals surface area contributed by atoms with Crippen LogP contribution in [-0.2, 0) is 13.0 Å². The standard InChI is InChI=1S/C21H23N3O3/c1-14-6-4-7-15(2)20(14)26-13-18-11-19(24-27-18)21(25)23-16(3)10-17-8-5-9-22-12-17/h4-9,11-12,16H,10,13H2,1-3H3,(H,23,25)/t16-/m1/s1. The molecule has 0 bridgehead atoms. The Hall–Kier alpha value is -3.15. The molecule has 3 rings (SSSR count). The molecule has 0 spiro atoms. The molecular weight excluding hydrogens is 342 g/mol. The number of benzene rings is 1. The van der Waals surface area contributed by atoms with Gasteiger partial charge in [-0.15, -0.1) is 0 Å². The number of hydrogen-bond acceptors (Lipinski definition) is 5. The Kier molecular flexibility index (Phi) is 5.86. The molecule has 0 saturated carbocycles. The minimum Gasteiger partial charge on any atom is -0.485 e. The van der Waals surface area contributed by atoms with Crippen LogP contribution in [0.15, 0.2) is 53.3 Å². The van der Waals surface area contributed by atoms with Crippen molar-refractivity contribution in [2.45, 2.75) is 39.8 Å². The first-order chi connectivity index (χ1) is 13.0. The van der Waals surface area contributed by atoms with E-state index in [1.54, 1.807) is 18.5 Å². The summed E-state index contributed by atoms with van der Waals surface area (Å²) >= 11 is 0. The zero-order chi connectivity index (χ0) is 19.2. The van der Waals surface area contributed by atoms with Crippen LogP contribution in [0.4, 0.5) is 0 Å². The van der Waals surface area contributed by atoms with E-state index in [0.717, 1.165) is 22.4 Å². The van der Waals surface area contributed by atoms with Crippen molar-refractivity contribution in [3.8, 4) is 5.75 Å². The number of aromatic nitrogens is 2. The zero-order valence-corrected chi connectivity index (χ0v) is 15.7. The van der Waals surface area contributed by atoms with Gasteiger partial charge in [-0.25, -0.2) is 0 Å². The van der Waals surface area contributed by atoms with Crippen LogP contribution in [0.25, 0.3) is 0 Å². The highest BCUT2D eigenvalue weighted by atomic mass is 16.5. The van der Waals surface area contributed by atoms with Gasteiger partial charge >= 0.3 is 0 Å². The molecule has 1 atom stereocenters. The molecule has 140 valence electrons. The molecule has 1 N–H and O–H groups in total. The predicted octanol–water partition coefficient (Wildman–Crippen LogP) is 3.63. The van der Waals surface area contributed by atoms with Crippen LogP contribution in [0.2, 0.25) is 0 Å². The number of rotatable bonds is 7. The number of nitrogens with one attached hydrogen (secondary N) is 1. The Balaban J connectivity index is 1.56. The van der Waals surface area contributed by atoms with Gasteiger partial charge in [0.15, 0.2) is 11.5 Å². The Morgan fingerprint density at radius 2 is 2.00 bits per heavy atom. The molecule has 3 aromatic rings. The summed E-state index contributed by atoms with van der Waals surface area (Å²) in [6, 6.07) is 11.4. The molecule has 27 heavy (non-hydrogen) atoms. The number of pyridine rings is 1. The van der Waals surface area contributed by atoms with E-state index in [4.69, 9.17) is 9.26 Å². The van der Waals surface area contributed by atoms with Crippen LogP contribution >= 0.6 is 0 Å². The van der Waals surface area contributed by atoms with Crippen molar-refractivity contribution in [1.29, 1.82) is 0 Å². The summed E-state index contributed by atoms with van der Waals surface area (Å²) in [4.78, 5) is 16.4. The third kappa shape index (κ3) is 4.94. The topological polar surface area (TPSA) is 77.2 Å². The summed E-state index contributed by atoms with van der Waals surface area (Å²) < 4.78 is 11.1. The number of hydrogen-bond donors (Lipinski definition) is 1. The van der Waals surface area contributed by atoms with E-state index in [2.05, 4.69) is 15.5 Å². The predicted molar refractivity (Wildman–Crippen MR) is 102 cm³/mol. The SMILES string of the molecule is Cc1cccc(C)c1OCc1cc(C(=O)N[C@H](C)Cc2cccnc2)no1. The van der Waals surface area contributed by atoms with Crippen molar-refractivity contribution >= 4 is 5.91 Å². The number of nitrogens with zero attached hydrogens (tertiary/aromatic N) is 2. The van der Waals surface area contributed by atoms with Crippen LogP contribution in [0.5, 0.6) is 5.75 Å². The summed E-state index contributed by atoms with van der Waals surface area (Å²) in [5, 5.41) is 6.77. The Morgan fingerprint density at radius 1 is 1.22 bits per heavy atom. The van der Waals surface area contributed by atoms with Crippen LogP contribution in [0.1, 0.15) is 39.9 Å². The molecule has 0 unspecified atom stereocenters. The normalized spacial score (nSPS) is 11.8. The summed E-state index contributed by atoms with van der Waals surface area (Å²) in [6.45, 7) is 6.14. The molecule has 0 aliphatic rings. The van der Waals surface area contributed by atoms with Crippen LogP contribution in [-0.4, -0.2) is 22.1 Å². The van der Waals surface area contributed by atoms with Crippen molar-refractivity contribution in [3.63, 3.8) is 0 Å². The number of para-hydroxylation sites is 1. The van der Waals surface area contributed by atoms with Crippen LogP contribution in [0, 0.1) is 13.8 Å². The highest BCUT2D eigenvalue weighted by Gasteiger charge is 2.16. The lowest BCUT2D eigenvalue weighted by Crippen LogP contribution is -2.34. The maximum Gasteiger partial charge on any atom is 0.273 e. The van der Waals surface area contributed by atoms with Gasteiger partial charge in [-0.3, -0.25) is 9.78 Å². The summed E-state index contributed by atoms with van der Waals surface area (Å²) in [5.41, 5.74) is 3.41. The monoisotopic (exact) mass is 365 g/mol. The van der Waals surface area contributed by atoms with Gasteiger partial charge in [0.25, 0.3) is 5.91 Å². The molecule has 2 aromatic heterocycles. The molecule has 2 heterocycles. The lowest BCUT2D eigenvalue weighted by molar-refractivity contribution is 0.0930. The largest absolute Gasteiger partial charge is 0.485 e. The van der Waals surface area contributed by atoms with Gasteiger partial charge in [0.1, 0.15) is 12.4 Å². The third-order valence-electron chi connectivity index (χ3n) is 4.20. The first kappa shape index (κ1) is 18.6. The second kappa shape index (κ2) is 8.49. The molecule has 0 aliphatic heterocycles. The molecule has 0 saturated heterocycles. The molecule has 1 amide bonds. The van der Waals surface area contributed by atoms with Crippen molar-refractivity contribution < 1.29 is 14.1 Å². The number of ether oxygens (including phenoxy) is 1. The van der Waals surface area contributed by atoms with Crippen molar-refractivity contribution in [1.82, 2.24) is 15.5 Å². The molecule has 0 fully saturated rings. The minimum absolute atomic E-state index is 0.0484.